The Labute approximate surface area is 133 Å². The molecule has 0 atom stereocenters. The van der Waals surface area contributed by atoms with Gasteiger partial charge in [0, 0.05) is 30.6 Å². The van der Waals surface area contributed by atoms with Crippen LogP contribution < -0.4 is 16.0 Å². The number of hydrogen-bond donors (Lipinski definition) is 3. The summed E-state index contributed by atoms with van der Waals surface area (Å²) in [5.74, 6) is 0.0581. The van der Waals surface area contributed by atoms with Crippen molar-refractivity contribution in [3.05, 3.63) is 0 Å². The molecule has 0 bridgehead atoms. The van der Waals surface area contributed by atoms with Crippen LogP contribution in [0.1, 0.15) is 60.8 Å². The van der Waals surface area contributed by atoms with E-state index < -0.39 is 5.60 Å². The van der Waals surface area contributed by atoms with Gasteiger partial charge in [-0.2, -0.15) is 0 Å². The monoisotopic (exact) mass is 313 g/mol. The first kappa shape index (κ1) is 18.7. The van der Waals surface area contributed by atoms with Crippen LogP contribution in [0, 0.1) is 0 Å². The van der Waals surface area contributed by atoms with Crippen molar-refractivity contribution >= 4 is 12.0 Å². The number of amides is 2. The normalized spacial score (nSPS) is 21.7. The third-order valence-electron chi connectivity index (χ3n) is 3.16. The van der Waals surface area contributed by atoms with Crippen molar-refractivity contribution < 1.29 is 14.3 Å². The number of ether oxygens (including phenoxy) is 1. The lowest BCUT2D eigenvalue weighted by atomic mass is 9.87. The van der Waals surface area contributed by atoms with E-state index in [-0.39, 0.29) is 23.6 Å². The topological polar surface area (TPSA) is 79.5 Å². The molecule has 1 rings (SSSR count). The molecule has 0 unspecified atom stereocenters. The van der Waals surface area contributed by atoms with Crippen LogP contribution in [0.15, 0.2) is 0 Å². The maximum atomic E-state index is 11.7. The number of carbonyl (C=O) groups excluding carboxylic acids is 2. The summed E-state index contributed by atoms with van der Waals surface area (Å²) in [6, 6.07) is 0.526. The fraction of sp³-hybridized carbons (Fsp3) is 0.875. The zero-order chi connectivity index (χ0) is 17.0. The molecule has 0 spiro atoms. The van der Waals surface area contributed by atoms with Crippen LogP contribution in [0.3, 0.4) is 0 Å². The Hall–Kier alpha value is -1.30. The van der Waals surface area contributed by atoms with Gasteiger partial charge in [-0.25, -0.2) is 4.79 Å². The van der Waals surface area contributed by atoms with Crippen LogP contribution in [0.4, 0.5) is 4.79 Å². The number of rotatable bonds is 5. The predicted molar refractivity (Wildman–Crippen MR) is 86.7 cm³/mol. The molecule has 1 aliphatic carbocycles. The van der Waals surface area contributed by atoms with Crippen molar-refractivity contribution in [1.82, 2.24) is 16.0 Å². The van der Waals surface area contributed by atoms with Gasteiger partial charge >= 0.3 is 6.09 Å². The number of nitrogens with one attached hydrogen (secondary N) is 3. The van der Waals surface area contributed by atoms with Gasteiger partial charge in [0.2, 0.25) is 5.91 Å². The summed E-state index contributed by atoms with van der Waals surface area (Å²) in [6.07, 6.45) is 1.86. The van der Waals surface area contributed by atoms with Gasteiger partial charge in [0.1, 0.15) is 5.60 Å². The summed E-state index contributed by atoms with van der Waals surface area (Å²) in [4.78, 5) is 23.3. The molecule has 0 radical (unpaired) electrons. The highest BCUT2D eigenvalue weighted by molar-refractivity contribution is 5.76. The highest BCUT2D eigenvalue weighted by atomic mass is 16.6. The van der Waals surface area contributed by atoms with Crippen molar-refractivity contribution in [3.63, 3.8) is 0 Å². The van der Waals surface area contributed by atoms with Crippen LogP contribution in [0.25, 0.3) is 0 Å². The molecular weight excluding hydrogens is 282 g/mol. The van der Waals surface area contributed by atoms with Crippen LogP contribution in [-0.2, 0) is 9.53 Å². The Balaban J connectivity index is 2.09. The van der Waals surface area contributed by atoms with Gasteiger partial charge in [-0.3, -0.25) is 4.79 Å². The lowest BCUT2D eigenvalue weighted by Crippen LogP contribution is -2.53. The first-order valence-electron chi connectivity index (χ1n) is 7.98. The molecule has 0 heterocycles. The largest absolute Gasteiger partial charge is 0.444 e. The van der Waals surface area contributed by atoms with Crippen molar-refractivity contribution in [1.29, 1.82) is 0 Å². The first-order chi connectivity index (χ1) is 9.94. The summed E-state index contributed by atoms with van der Waals surface area (Å²) in [7, 11) is 0. The first-order valence-corrected chi connectivity index (χ1v) is 7.98. The standard InChI is InChI=1S/C16H31N3O3/c1-15(2,3)19-13(20)7-8-17-11-9-12(10-11)18-14(21)22-16(4,5)6/h11-12,17H,7-10H2,1-6H3,(H,18,21)(H,19,20). The van der Waals surface area contributed by atoms with Crippen LogP contribution in [0.2, 0.25) is 0 Å². The van der Waals surface area contributed by atoms with Crippen LogP contribution >= 0.6 is 0 Å². The Kier molecular flexibility index (Phi) is 6.23. The average molecular weight is 313 g/mol. The van der Waals surface area contributed by atoms with Crippen LogP contribution in [-0.4, -0.2) is 41.8 Å². The maximum absolute atomic E-state index is 11.7. The molecule has 2 amide bonds. The summed E-state index contributed by atoms with van der Waals surface area (Å²) >= 11 is 0. The second kappa shape index (κ2) is 7.31. The van der Waals surface area contributed by atoms with Crippen molar-refractivity contribution in [2.45, 2.75) is 84.0 Å². The minimum Gasteiger partial charge on any atom is -0.444 e. The molecule has 0 aromatic rings. The fourth-order valence-corrected chi connectivity index (χ4v) is 2.25. The number of carbonyl (C=O) groups is 2. The van der Waals surface area contributed by atoms with Gasteiger partial charge in [0.15, 0.2) is 0 Å². The fourth-order valence-electron chi connectivity index (χ4n) is 2.25. The molecule has 0 aliphatic heterocycles. The Morgan fingerprint density at radius 3 is 2.14 bits per heavy atom. The molecule has 6 heteroatoms. The van der Waals surface area contributed by atoms with E-state index >= 15 is 0 Å². The molecule has 1 fully saturated rings. The van der Waals surface area contributed by atoms with E-state index in [0.29, 0.717) is 19.0 Å². The van der Waals surface area contributed by atoms with Crippen molar-refractivity contribution in [2.24, 2.45) is 0 Å². The minimum absolute atomic E-state index is 0.0581. The van der Waals surface area contributed by atoms with Gasteiger partial charge < -0.3 is 20.7 Å². The Bertz CT molecular complexity index is 388. The maximum Gasteiger partial charge on any atom is 0.407 e. The van der Waals surface area contributed by atoms with Gasteiger partial charge in [0.25, 0.3) is 0 Å². The third kappa shape index (κ3) is 8.22. The van der Waals surface area contributed by atoms with E-state index in [2.05, 4.69) is 16.0 Å². The smallest absolute Gasteiger partial charge is 0.407 e. The molecule has 3 N–H and O–H groups in total. The van der Waals surface area contributed by atoms with Gasteiger partial charge in [0.05, 0.1) is 0 Å². The summed E-state index contributed by atoms with van der Waals surface area (Å²) in [5.41, 5.74) is -0.651. The Morgan fingerprint density at radius 1 is 1.05 bits per heavy atom. The second-order valence-corrected chi connectivity index (χ2v) is 8.01. The van der Waals surface area contributed by atoms with Gasteiger partial charge in [-0.05, 0) is 54.4 Å². The minimum atomic E-state index is -0.466. The van der Waals surface area contributed by atoms with Crippen LogP contribution in [0.5, 0.6) is 0 Å². The van der Waals surface area contributed by atoms with E-state index in [1.54, 1.807) is 0 Å². The number of alkyl carbamates (subject to hydrolysis) is 1. The zero-order valence-electron chi connectivity index (χ0n) is 14.7. The SMILES string of the molecule is CC(C)(C)NC(=O)CCNC1CC(NC(=O)OC(C)(C)C)C1. The third-order valence-corrected chi connectivity index (χ3v) is 3.16. The molecule has 1 aliphatic rings. The summed E-state index contributed by atoms with van der Waals surface area (Å²) in [5, 5.41) is 9.12. The van der Waals surface area contributed by atoms with E-state index in [9.17, 15) is 9.59 Å². The molecule has 128 valence electrons. The summed E-state index contributed by atoms with van der Waals surface area (Å²) in [6.45, 7) is 12.1. The molecule has 1 saturated carbocycles. The lowest BCUT2D eigenvalue weighted by Gasteiger charge is -2.36. The van der Waals surface area contributed by atoms with Crippen molar-refractivity contribution in [3.8, 4) is 0 Å². The average Bonchev–Trinajstić information content (AvgIpc) is 2.19. The highest BCUT2D eigenvalue weighted by Gasteiger charge is 2.31. The molecule has 0 aromatic heterocycles. The quantitative estimate of drug-likeness (QED) is 0.724. The molecule has 0 saturated heterocycles. The van der Waals surface area contributed by atoms with E-state index in [4.69, 9.17) is 4.74 Å². The van der Waals surface area contributed by atoms with Crippen molar-refractivity contribution in [2.75, 3.05) is 6.54 Å². The predicted octanol–water partition coefficient (Wildman–Crippen LogP) is 1.94. The number of hydrogen-bond acceptors (Lipinski definition) is 4. The molecular formula is C16H31N3O3. The van der Waals surface area contributed by atoms with E-state index in [1.165, 1.54) is 0 Å². The summed E-state index contributed by atoms with van der Waals surface area (Å²) < 4.78 is 5.21. The Morgan fingerprint density at radius 2 is 1.64 bits per heavy atom. The second-order valence-electron chi connectivity index (χ2n) is 8.01. The lowest BCUT2D eigenvalue weighted by molar-refractivity contribution is -0.122. The molecule has 22 heavy (non-hydrogen) atoms. The molecule has 0 aromatic carbocycles. The zero-order valence-corrected chi connectivity index (χ0v) is 14.7. The highest BCUT2D eigenvalue weighted by Crippen LogP contribution is 2.20. The van der Waals surface area contributed by atoms with E-state index in [1.807, 2.05) is 41.5 Å². The van der Waals surface area contributed by atoms with Gasteiger partial charge in [-0.1, -0.05) is 0 Å². The van der Waals surface area contributed by atoms with Gasteiger partial charge in [-0.15, -0.1) is 0 Å². The van der Waals surface area contributed by atoms with E-state index in [0.717, 1.165) is 12.8 Å². The molecule has 6 nitrogen and oxygen atoms in total.